The fourth-order valence-corrected chi connectivity index (χ4v) is 2.73. The van der Waals surface area contributed by atoms with Crippen molar-refractivity contribution in [3.05, 3.63) is 89.5 Å². The van der Waals surface area contributed by atoms with Gasteiger partial charge in [0.1, 0.15) is 0 Å². The van der Waals surface area contributed by atoms with Crippen LogP contribution in [0.5, 0.6) is 11.5 Å². The number of anilines is 1. The second-order valence-electron chi connectivity index (χ2n) is 6.18. The van der Waals surface area contributed by atoms with Crippen molar-refractivity contribution in [2.24, 2.45) is 5.10 Å². The Morgan fingerprint density at radius 1 is 0.833 bits per heavy atom. The minimum Gasteiger partial charge on any atom is -0.493 e. The van der Waals surface area contributed by atoms with Crippen LogP contribution < -0.4 is 20.2 Å². The number of nitrogens with one attached hydrogen (secondary N) is 2. The number of hydrazone groups is 1. The quantitative estimate of drug-likeness (QED) is 0.465. The third-order valence-electron chi connectivity index (χ3n) is 4.24. The van der Waals surface area contributed by atoms with Gasteiger partial charge in [0.25, 0.3) is 11.8 Å². The van der Waals surface area contributed by atoms with Crippen LogP contribution in [0.4, 0.5) is 5.69 Å². The zero-order chi connectivity index (χ0) is 21.3. The van der Waals surface area contributed by atoms with Crippen molar-refractivity contribution in [2.45, 2.75) is 0 Å². The van der Waals surface area contributed by atoms with E-state index in [4.69, 9.17) is 9.47 Å². The molecule has 0 spiro atoms. The molecule has 0 aliphatic heterocycles. The average molecular weight is 403 g/mol. The van der Waals surface area contributed by atoms with Crippen LogP contribution >= 0.6 is 0 Å². The Hall–Kier alpha value is -4.13. The zero-order valence-corrected chi connectivity index (χ0v) is 16.6. The van der Waals surface area contributed by atoms with Crippen LogP contribution in [-0.4, -0.2) is 32.2 Å². The standard InChI is InChI=1S/C23H21N3O4/c1-29-20-13-12-16(14-21(20)30-2)15-24-26-23(28)18-10-6-7-11-19(18)25-22(27)17-8-4-3-5-9-17/h3-15H,1-2H3,(H,25,27)(H,26,28)/b24-15+. The molecule has 0 bridgehead atoms. The van der Waals surface area contributed by atoms with Gasteiger partial charge in [-0.1, -0.05) is 30.3 Å². The number of nitrogens with zero attached hydrogens (tertiary/aromatic N) is 1. The second kappa shape index (κ2) is 9.88. The van der Waals surface area contributed by atoms with Gasteiger partial charge in [-0.3, -0.25) is 9.59 Å². The summed E-state index contributed by atoms with van der Waals surface area (Å²) in [5.74, 6) is 0.406. The van der Waals surface area contributed by atoms with Gasteiger partial charge in [-0.05, 0) is 48.0 Å². The number of hydrogen-bond acceptors (Lipinski definition) is 5. The molecule has 0 atom stereocenters. The Morgan fingerprint density at radius 3 is 2.27 bits per heavy atom. The molecule has 0 aliphatic carbocycles. The van der Waals surface area contributed by atoms with Crippen LogP contribution in [0.3, 0.4) is 0 Å². The minimum atomic E-state index is -0.448. The highest BCUT2D eigenvalue weighted by Crippen LogP contribution is 2.26. The lowest BCUT2D eigenvalue weighted by atomic mass is 10.1. The summed E-state index contributed by atoms with van der Waals surface area (Å²) < 4.78 is 10.4. The summed E-state index contributed by atoms with van der Waals surface area (Å²) in [5.41, 5.74) is 4.39. The topological polar surface area (TPSA) is 89.0 Å². The molecule has 30 heavy (non-hydrogen) atoms. The number of carbonyl (C=O) groups is 2. The van der Waals surface area contributed by atoms with Crippen molar-refractivity contribution >= 4 is 23.7 Å². The van der Waals surface area contributed by atoms with Gasteiger partial charge < -0.3 is 14.8 Å². The molecule has 0 unspecified atom stereocenters. The molecule has 0 aliphatic rings. The molecule has 3 rings (SSSR count). The first kappa shape index (κ1) is 20.6. The van der Waals surface area contributed by atoms with E-state index in [2.05, 4.69) is 15.8 Å². The van der Waals surface area contributed by atoms with E-state index >= 15 is 0 Å². The number of benzene rings is 3. The van der Waals surface area contributed by atoms with Gasteiger partial charge in [0.05, 0.1) is 31.7 Å². The Labute approximate surface area is 174 Å². The molecule has 3 aromatic rings. The third kappa shape index (κ3) is 5.02. The highest BCUT2D eigenvalue weighted by atomic mass is 16.5. The van der Waals surface area contributed by atoms with Crippen molar-refractivity contribution in [3.8, 4) is 11.5 Å². The lowest BCUT2D eigenvalue weighted by Gasteiger charge is -2.10. The van der Waals surface area contributed by atoms with Crippen LogP contribution in [0.1, 0.15) is 26.3 Å². The first-order valence-corrected chi connectivity index (χ1v) is 9.13. The lowest BCUT2D eigenvalue weighted by Crippen LogP contribution is -2.21. The van der Waals surface area contributed by atoms with Crippen molar-refractivity contribution < 1.29 is 19.1 Å². The number of carbonyl (C=O) groups excluding carboxylic acids is 2. The van der Waals surface area contributed by atoms with Gasteiger partial charge in [-0.2, -0.15) is 5.10 Å². The largest absolute Gasteiger partial charge is 0.493 e. The molecule has 3 aromatic carbocycles. The van der Waals surface area contributed by atoms with Crippen molar-refractivity contribution in [1.82, 2.24) is 5.43 Å². The van der Waals surface area contributed by atoms with Crippen molar-refractivity contribution in [2.75, 3.05) is 19.5 Å². The van der Waals surface area contributed by atoms with E-state index in [1.165, 1.54) is 6.21 Å². The smallest absolute Gasteiger partial charge is 0.273 e. The van der Waals surface area contributed by atoms with Gasteiger partial charge in [0.15, 0.2) is 11.5 Å². The highest BCUT2D eigenvalue weighted by molar-refractivity contribution is 6.09. The van der Waals surface area contributed by atoms with Gasteiger partial charge in [0, 0.05) is 5.56 Å². The molecule has 0 heterocycles. The summed E-state index contributed by atoms with van der Waals surface area (Å²) in [4.78, 5) is 25.0. The third-order valence-corrected chi connectivity index (χ3v) is 4.24. The molecule has 152 valence electrons. The van der Waals surface area contributed by atoms with E-state index in [0.717, 1.165) is 5.56 Å². The van der Waals surface area contributed by atoms with Crippen molar-refractivity contribution in [3.63, 3.8) is 0 Å². The maximum absolute atomic E-state index is 12.6. The van der Waals surface area contributed by atoms with Crippen LogP contribution in [0.2, 0.25) is 0 Å². The number of amides is 2. The molecule has 0 saturated heterocycles. The Kier molecular flexibility index (Phi) is 6.78. The number of para-hydroxylation sites is 1. The minimum absolute atomic E-state index is 0.297. The summed E-state index contributed by atoms with van der Waals surface area (Å²) in [6, 6.07) is 20.8. The van der Waals surface area contributed by atoms with Gasteiger partial charge >= 0.3 is 0 Å². The maximum Gasteiger partial charge on any atom is 0.273 e. The van der Waals surface area contributed by atoms with Gasteiger partial charge in [0.2, 0.25) is 0 Å². The Balaban J connectivity index is 1.70. The van der Waals surface area contributed by atoms with Gasteiger partial charge in [-0.25, -0.2) is 5.43 Å². The summed E-state index contributed by atoms with van der Waals surface area (Å²) in [6.45, 7) is 0. The molecular formula is C23H21N3O4. The van der Waals surface area contributed by atoms with E-state index in [-0.39, 0.29) is 5.91 Å². The summed E-state index contributed by atoms with van der Waals surface area (Å²) in [5, 5.41) is 6.76. The molecule has 0 saturated carbocycles. The van der Waals surface area contributed by atoms with Crippen LogP contribution in [0.25, 0.3) is 0 Å². The zero-order valence-electron chi connectivity index (χ0n) is 16.6. The number of ether oxygens (including phenoxy) is 2. The highest BCUT2D eigenvalue weighted by Gasteiger charge is 2.13. The molecule has 7 nitrogen and oxygen atoms in total. The normalized spacial score (nSPS) is 10.5. The Morgan fingerprint density at radius 2 is 1.53 bits per heavy atom. The maximum atomic E-state index is 12.6. The SMILES string of the molecule is COc1ccc(/C=N/NC(=O)c2ccccc2NC(=O)c2ccccc2)cc1OC. The molecule has 0 radical (unpaired) electrons. The average Bonchev–Trinajstić information content (AvgIpc) is 2.79. The van der Waals surface area contributed by atoms with E-state index in [1.54, 1.807) is 80.9 Å². The van der Waals surface area contributed by atoms with Crippen LogP contribution in [0.15, 0.2) is 77.9 Å². The lowest BCUT2D eigenvalue weighted by molar-refractivity contribution is 0.0956. The fourth-order valence-electron chi connectivity index (χ4n) is 2.73. The summed E-state index contributed by atoms with van der Waals surface area (Å²) >= 11 is 0. The number of rotatable bonds is 7. The molecule has 0 fully saturated rings. The Bertz CT molecular complexity index is 1070. The first-order chi connectivity index (χ1) is 14.6. The van der Waals surface area contributed by atoms with Gasteiger partial charge in [-0.15, -0.1) is 0 Å². The molecular weight excluding hydrogens is 382 g/mol. The van der Waals surface area contributed by atoms with E-state index in [1.807, 2.05) is 6.07 Å². The van der Waals surface area contributed by atoms with Crippen LogP contribution in [-0.2, 0) is 0 Å². The first-order valence-electron chi connectivity index (χ1n) is 9.13. The van der Waals surface area contributed by atoms with E-state index in [0.29, 0.717) is 28.3 Å². The monoisotopic (exact) mass is 403 g/mol. The summed E-state index contributed by atoms with van der Waals surface area (Å²) in [6.07, 6.45) is 1.49. The fraction of sp³-hybridized carbons (Fsp3) is 0.0870. The predicted molar refractivity (Wildman–Crippen MR) is 115 cm³/mol. The number of hydrogen-bond donors (Lipinski definition) is 2. The molecule has 2 amide bonds. The van der Waals surface area contributed by atoms with E-state index < -0.39 is 5.91 Å². The molecule has 7 heteroatoms. The molecule has 2 N–H and O–H groups in total. The number of methoxy groups -OCH3 is 2. The summed E-state index contributed by atoms with van der Waals surface area (Å²) in [7, 11) is 3.10. The molecule has 0 aromatic heterocycles. The van der Waals surface area contributed by atoms with Crippen molar-refractivity contribution in [1.29, 1.82) is 0 Å². The van der Waals surface area contributed by atoms with Crippen LogP contribution in [0, 0.1) is 0 Å². The van der Waals surface area contributed by atoms with E-state index in [9.17, 15) is 9.59 Å². The second-order valence-corrected chi connectivity index (χ2v) is 6.18. The predicted octanol–water partition coefficient (Wildman–Crippen LogP) is 3.72.